The summed E-state index contributed by atoms with van der Waals surface area (Å²) in [5, 5.41) is 7.61. The van der Waals surface area contributed by atoms with E-state index < -0.39 is 0 Å². The van der Waals surface area contributed by atoms with Crippen LogP contribution in [0.15, 0.2) is 61.1 Å². The molecule has 1 fully saturated rings. The van der Waals surface area contributed by atoms with Crippen molar-refractivity contribution in [1.82, 2.24) is 14.6 Å². The maximum absolute atomic E-state index is 13.0. The SMILES string of the molecule is Cc1ccc(C(=O)OC2CC2)cc1Nc1ncnn2cc(C(=O)c3ccccc3)c(C)c12. The number of carbonyl (C=O) groups is 2. The number of carbonyl (C=O) groups excluding carboxylic acids is 2. The molecule has 4 aromatic rings. The maximum atomic E-state index is 13.0. The molecule has 7 heteroatoms. The topological polar surface area (TPSA) is 85.6 Å². The first-order valence-electron chi connectivity index (χ1n) is 10.5. The van der Waals surface area contributed by atoms with Gasteiger partial charge in [0.2, 0.25) is 0 Å². The molecule has 160 valence electrons. The normalized spacial score (nSPS) is 13.2. The van der Waals surface area contributed by atoms with Crippen LogP contribution in [-0.4, -0.2) is 32.5 Å². The molecule has 0 spiro atoms. The number of fused-ring (bicyclic) bond motifs is 1. The van der Waals surface area contributed by atoms with Gasteiger partial charge in [0.15, 0.2) is 11.6 Å². The number of nitrogens with one attached hydrogen (secondary N) is 1. The van der Waals surface area contributed by atoms with Gasteiger partial charge in [0.1, 0.15) is 17.9 Å². The number of aromatic nitrogens is 3. The highest BCUT2D eigenvalue weighted by molar-refractivity contribution is 6.11. The molecule has 0 radical (unpaired) electrons. The van der Waals surface area contributed by atoms with Crippen molar-refractivity contribution in [2.45, 2.75) is 32.8 Å². The summed E-state index contributed by atoms with van der Waals surface area (Å²) >= 11 is 0. The Hall–Kier alpha value is -4.00. The maximum Gasteiger partial charge on any atom is 0.338 e. The minimum Gasteiger partial charge on any atom is -0.459 e. The van der Waals surface area contributed by atoms with E-state index in [1.54, 1.807) is 35.0 Å². The number of aryl methyl sites for hydroxylation is 2. The predicted molar refractivity (Wildman–Crippen MR) is 120 cm³/mol. The number of ketones is 1. The average Bonchev–Trinajstić information content (AvgIpc) is 3.56. The third-order valence-electron chi connectivity index (χ3n) is 5.63. The monoisotopic (exact) mass is 426 g/mol. The van der Waals surface area contributed by atoms with Crippen molar-refractivity contribution in [3.05, 3.63) is 88.9 Å². The average molecular weight is 426 g/mol. The Bertz CT molecular complexity index is 1340. The number of ether oxygens (including phenoxy) is 1. The number of hydrogen-bond acceptors (Lipinski definition) is 6. The lowest BCUT2D eigenvalue weighted by molar-refractivity contribution is 0.0472. The molecule has 32 heavy (non-hydrogen) atoms. The minimum absolute atomic E-state index is 0.0469. The second-order valence-electron chi connectivity index (χ2n) is 8.02. The van der Waals surface area contributed by atoms with Crippen LogP contribution >= 0.6 is 0 Å². The first-order valence-corrected chi connectivity index (χ1v) is 10.5. The fraction of sp³-hybridized carbons (Fsp3) is 0.200. The number of esters is 1. The quantitative estimate of drug-likeness (QED) is 0.357. The lowest BCUT2D eigenvalue weighted by Gasteiger charge is -2.12. The Morgan fingerprint density at radius 3 is 2.59 bits per heavy atom. The molecule has 0 bridgehead atoms. The van der Waals surface area contributed by atoms with Crippen LogP contribution in [0.3, 0.4) is 0 Å². The van der Waals surface area contributed by atoms with E-state index in [1.165, 1.54) is 6.33 Å². The predicted octanol–water partition coefficient (Wildman–Crippen LogP) is 4.64. The molecule has 1 aliphatic rings. The van der Waals surface area contributed by atoms with Crippen LogP contribution in [0.2, 0.25) is 0 Å². The van der Waals surface area contributed by atoms with E-state index in [4.69, 9.17) is 4.74 Å². The summed E-state index contributed by atoms with van der Waals surface area (Å²) in [7, 11) is 0. The van der Waals surface area contributed by atoms with Gasteiger partial charge in [-0.2, -0.15) is 5.10 Å². The highest BCUT2D eigenvalue weighted by Gasteiger charge is 2.27. The zero-order valence-corrected chi connectivity index (χ0v) is 17.8. The van der Waals surface area contributed by atoms with Gasteiger partial charge < -0.3 is 10.1 Å². The molecule has 1 aliphatic carbocycles. The summed E-state index contributed by atoms with van der Waals surface area (Å²) in [5.41, 5.74) is 4.86. The summed E-state index contributed by atoms with van der Waals surface area (Å²) in [6, 6.07) is 14.6. The molecule has 2 aromatic carbocycles. The second kappa shape index (κ2) is 7.92. The molecule has 5 rings (SSSR count). The van der Waals surface area contributed by atoms with Crippen molar-refractivity contribution in [1.29, 1.82) is 0 Å². The van der Waals surface area contributed by atoms with E-state index in [1.807, 2.05) is 38.1 Å². The van der Waals surface area contributed by atoms with Gasteiger partial charge in [-0.1, -0.05) is 36.4 Å². The third kappa shape index (κ3) is 3.73. The number of rotatable bonds is 6. The Balaban J connectivity index is 1.51. The zero-order valence-electron chi connectivity index (χ0n) is 17.8. The Kier molecular flexibility index (Phi) is 4.93. The standard InChI is InChI=1S/C25H22N4O3/c1-15-8-9-18(25(31)32-19-10-11-19)12-21(15)28-24-22-16(2)20(13-29(22)27-14-26-24)23(30)17-6-4-3-5-7-17/h3-9,12-14,19H,10-11H2,1-2H3,(H,26,27,28). The first-order chi connectivity index (χ1) is 15.5. The van der Waals surface area contributed by atoms with Gasteiger partial charge in [-0.15, -0.1) is 0 Å². The molecule has 2 heterocycles. The number of nitrogens with zero attached hydrogens (tertiary/aromatic N) is 3. The number of benzene rings is 2. The van der Waals surface area contributed by atoms with Crippen LogP contribution in [0, 0.1) is 13.8 Å². The van der Waals surface area contributed by atoms with E-state index in [-0.39, 0.29) is 17.9 Å². The van der Waals surface area contributed by atoms with Crippen LogP contribution < -0.4 is 5.32 Å². The van der Waals surface area contributed by atoms with E-state index in [0.29, 0.717) is 28.0 Å². The van der Waals surface area contributed by atoms with Crippen LogP contribution in [0.25, 0.3) is 5.52 Å². The summed E-state index contributed by atoms with van der Waals surface area (Å²) < 4.78 is 7.07. The summed E-state index contributed by atoms with van der Waals surface area (Å²) in [6.45, 7) is 3.84. The van der Waals surface area contributed by atoms with Gasteiger partial charge in [0.05, 0.1) is 5.56 Å². The van der Waals surface area contributed by atoms with E-state index in [2.05, 4.69) is 15.4 Å². The fourth-order valence-electron chi connectivity index (χ4n) is 3.64. The summed E-state index contributed by atoms with van der Waals surface area (Å²) in [5.74, 6) is 0.166. The molecule has 1 saturated carbocycles. The van der Waals surface area contributed by atoms with Crippen molar-refractivity contribution in [3.8, 4) is 0 Å². The Morgan fingerprint density at radius 1 is 1.06 bits per heavy atom. The van der Waals surface area contributed by atoms with Gasteiger partial charge in [0.25, 0.3) is 0 Å². The largest absolute Gasteiger partial charge is 0.459 e. The van der Waals surface area contributed by atoms with Crippen LogP contribution in [-0.2, 0) is 4.74 Å². The van der Waals surface area contributed by atoms with E-state index in [9.17, 15) is 9.59 Å². The van der Waals surface area contributed by atoms with Crippen molar-refractivity contribution >= 4 is 28.8 Å². The Labute approximate surface area is 185 Å². The molecule has 0 unspecified atom stereocenters. The van der Waals surface area contributed by atoms with E-state index >= 15 is 0 Å². The molecule has 0 aliphatic heterocycles. The fourth-order valence-corrected chi connectivity index (χ4v) is 3.64. The van der Waals surface area contributed by atoms with Crippen LogP contribution in [0.1, 0.15) is 50.2 Å². The molecule has 1 N–H and O–H groups in total. The highest BCUT2D eigenvalue weighted by Crippen LogP contribution is 2.29. The van der Waals surface area contributed by atoms with Crippen molar-refractivity contribution in [3.63, 3.8) is 0 Å². The van der Waals surface area contributed by atoms with Gasteiger partial charge in [-0.25, -0.2) is 14.3 Å². The molecule has 0 amide bonds. The van der Waals surface area contributed by atoms with E-state index in [0.717, 1.165) is 29.7 Å². The lowest BCUT2D eigenvalue weighted by Crippen LogP contribution is -2.08. The third-order valence-corrected chi connectivity index (χ3v) is 5.63. The molecule has 7 nitrogen and oxygen atoms in total. The molecular weight excluding hydrogens is 404 g/mol. The summed E-state index contributed by atoms with van der Waals surface area (Å²) in [4.78, 5) is 29.8. The second-order valence-corrected chi connectivity index (χ2v) is 8.02. The molecule has 2 aromatic heterocycles. The first kappa shape index (κ1) is 19.9. The van der Waals surface area contributed by atoms with Gasteiger partial charge in [-0.3, -0.25) is 4.79 Å². The molecule has 0 atom stereocenters. The molecule has 0 saturated heterocycles. The number of hydrogen-bond donors (Lipinski definition) is 1. The smallest absolute Gasteiger partial charge is 0.338 e. The minimum atomic E-state index is -0.321. The van der Waals surface area contributed by atoms with Gasteiger partial charge in [0, 0.05) is 23.0 Å². The van der Waals surface area contributed by atoms with Crippen LogP contribution in [0.5, 0.6) is 0 Å². The zero-order chi connectivity index (χ0) is 22.2. The van der Waals surface area contributed by atoms with Crippen molar-refractivity contribution in [2.75, 3.05) is 5.32 Å². The van der Waals surface area contributed by atoms with Gasteiger partial charge >= 0.3 is 5.97 Å². The van der Waals surface area contributed by atoms with Crippen LogP contribution in [0.4, 0.5) is 11.5 Å². The highest BCUT2D eigenvalue weighted by atomic mass is 16.5. The van der Waals surface area contributed by atoms with Crippen molar-refractivity contribution in [2.24, 2.45) is 0 Å². The number of anilines is 2. The Morgan fingerprint density at radius 2 is 1.84 bits per heavy atom. The lowest BCUT2D eigenvalue weighted by atomic mass is 10.0. The molecular formula is C25H22N4O3. The van der Waals surface area contributed by atoms with Gasteiger partial charge in [-0.05, 0) is 49.9 Å². The van der Waals surface area contributed by atoms with Crippen molar-refractivity contribution < 1.29 is 14.3 Å². The summed E-state index contributed by atoms with van der Waals surface area (Å²) in [6.07, 6.45) is 5.07.